The lowest BCUT2D eigenvalue weighted by Crippen LogP contribution is -2.52. The molecule has 0 saturated carbocycles. The number of rotatable bonds is 7. The Balaban J connectivity index is 2.49. The second-order valence-electron chi connectivity index (χ2n) is 7.88. The second kappa shape index (κ2) is 8.35. The molecule has 0 aromatic carbocycles. The molecule has 0 aromatic rings. The predicted molar refractivity (Wildman–Crippen MR) is 89.3 cm³/mol. The molecule has 0 aromatic heterocycles. The Kier molecular flexibility index (Phi) is 7.49. The summed E-state index contributed by atoms with van der Waals surface area (Å²) in [4.78, 5) is 5.03. The third-order valence-corrected chi connectivity index (χ3v) is 4.46. The molecule has 1 rings (SSSR count). The Labute approximate surface area is 127 Å². The monoisotopic (exact) mass is 283 g/mol. The van der Waals surface area contributed by atoms with Gasteiger partial charge in [0.15, 0.2) is 0 Å². The lowest BCUT2D eigenvalue weighted by molar-refractivity contribution is 0.0987. The van der Waals surface area contributed by atoms with Gasteiger partial charge in [0, 0.05) is 31.7 Å². The first-order valence-corrected chi connectivity index (χ1v) is 8.44. The summed E-state index contributed by atoms with van der Waals surface area (Å²) < 4.78 is 0. The van der Waals surface area contributed by atoms with Gasteiger partial charge in [-0.15, -0.1) is 0 Å². The summed E-state index contributed by atoms with van der Waals surface area (Å²) in [6.07, 6.45) is 5.13. The number of hydrogen-bond acceptors (Lipinski definition) is 3. The lowest BCUT2D eigenvalue weighted by Gasteiger charge is -2.39. The maximum atomic E-state index is 3.78. The van der Waals surface area contributed by atoms with E-state index in [2.05, 4.69) is 56.9 Å². The fraction of sp³-hybridized carbons (Fsp3) is 1.00. The van der Waals surface area contributed by atoms with Crippen molar-refractivity contribution in [1.29, 1.82) is 0 Å². The van der Waals surface area contributed by atoms with E-state index in [4.69, 9.17) is 0 Å². The van der Waals surface area contributed by atoms with Crippen molar-refractivity contribution in [3.05, 3.63) is 0 Å². The standard InChI is InChI=1S/C17H37N3/c1-7-10-18-15(8-9-17(2,3)4)13-16-14-19(5)11-12-20(16)6/h15-16,18H,7-14H2,1-6H3. The van der Waals surface area contributed by atoms with Crippen molar-refractivity contribution >= 4 is 0 Å². The maximum absolute atomic E-state index is 3.78. The van der Waals surface area contributed by atoms with E-state index < -0.39 is 0 Å². The van der Waals surface area contributed by atoms with E-state index >= 15 is 0 Å². The molecular formula is C17H37N3. The highest BCUT2D eigenvalue weighted by atomic mass is 15.3. The molecule has 0 radical (unpaired) electrons. The second-order valence-corrected chi connectivity index (χ2v) is 7.88. The molecule has 0 aliphatic carbocycles. The molecule has 1 saturated heterocycles. The molecule has 20 heavy (non-hydrogen) atoms. The number of hydrogen-bond donors (Lipinski definition) is 1. The quantitative estimate of drug-likeness (QED) is 0.775. The molecule has 1 heterocycles. The zero-order valence-corrected chi connectivity index (χ0v) is 14.7. The molecule has 3 heteroatoms. The molecule has 1 aliphatic heterocycles. The van der Waals surface area contributed by atoms with Crippen molar-refractivity contribution in [2.75, 3.05) is 40.3 Å². The van der Waals surface area contributed by atoms with E-state index in [9.17, 15) is 0 Å². The molecule has 0 spiro atoms. The largest absolute Gasteiger partial charge is 0.314 e. The van der Waals surface area contributed by atoms with Crippen LogP contribution in [-0.4, -0.2) is 62.2 Å². The van der Waals surface area contributed by atoms with Crippen molar-refractivity contribution in [2.45, 2.75) is 65.5 Å². The zero-order valence-electron chi connectivity index (χ0n) is 14.7. The van der Waals surface area contributed by atoms with E-state index in [0.717, 1.165) is 6.54 Å². The van der Waals surface area contributed by atoms with Crippen LogP contribution >= 0.6 is 0 Å². The average Bonchev–Trinajstić information content (AvgIpc) is 2.36. The minimum atomic E-state index is 0.446. The van der Waals surface area contributed by atoms with Crippen LogP contribution in [0.1, 0.15) is 53.4 Å². The van der Waals surface area contributed by atoms with Gasteiger partial charge in [-0.2, -0.15) is 0 Å². The summed E-state index contributed by atoms with van der Waals surface area (Å²) in [6.45, 7) is 14.1. The van der Waals surface area contributed by atoms with Crippen molar-refractivity contribution in [1.82, 2.24) is 15.1 Å². The summed E-state index contributed by atoms with van der Waals surface area (Å²) in [6, 6.07) is 1.39. The Morgan fingerprint density at radius 2 is 1.90 bits per heavy atom. The van der Waals surface area contributed by atoms with Gasteiger partial charge in [-0.25, -0.2) is 0 Å². The van der Waals surface area contributed by atoms with Gasteiger partial charge in [0.1, 0.15) is 0 Å². The first kappa shape index (κ1) is 17.9. The lowest BCUT2D eigenvalue weighted by atomic mass is 9.87. The Morgan fingerprint density at radius 1 is 1.20 bits per heavy atom. The number of nitrogens with one attached hydrogen (secondary N) is 1. The van der Waals surface area contributed by atoms with Crippen molar-refractivity contribution in [3.8, 4) is 0 Å². The Hall–Kier alpha value is -0.120. The van der Waals surface area contributed by atoms with Gasteiger partial charge in [0.2, 0.25) is 0 Å². The van der Waals surface area contributed by atoms with E-state index in [1.54, 1.807) is 0 Å². The normalized spacial score (nSPS) is 24.0. The summed E-state index contributed by atoms with van der Waals surface area (Å²) in [5.41, 5.74) is 0.446. The summed E-state index contributed by atoms with van der Waals surface area (Å²) in [5, 5.41) is 3.78. The molecular weight excluding hydrogens is 246 g/mol. The highest BCUT2D eigenvalue weighted by molar-refractivity contribution is 4.84. The zero-order chi connectivity index (χ0) is 15.2. The summed E-state index contributed by atoms with van der Waals surface area (Å²) >= 11 is 0. The van der Waals surface area contributed by atoms with Gasteiger partial charge in [0.05, 0.1) is 0 Å². The van der Waals surface area contributed by atoms with Gasteiger partial charge >= 0.3 is 0 Å². The van der Waals surface area contributed by atoms with Gasteiger partial charge in [-0.3, -0.25) is 0 Å². The van der Waals surface area contributed by atoms with Crippen LogP contribution in [0.15, 0.2) is 0 Å². The van der Waals surface area contributed by atoms with Crippen molar-refractivity contribution in [2.24, 2.45) is 5.41 Å². The minimum Gasteiger partial charge on any atom is -0.314 e. The smallest absolute Gasteiger partial charge is 0.0235 e. The van der Waals surface area contributed by atoms with Gasteiger partial charge in [-0.1, -0.05) is 27.7 Å². The maximum Gasteiger partial charge on any atom is 0.0235 e. The SMILES string of the molecule is CCCNC(CCC(C)(C)C)CC1CN(C)CCN1C. The Bertz CT molecular complexity index is 259. The molecule has 1 N–H and O–H groups in total. The van der Waals surface area contributed by atoms with Crippen molar-refractivity contribution < 1.29 is 0 Å². The highest BCUT2D eigenvalue weighted by Gasteiger charge is 2.25. The molecule has 0 amide bonds. The minimum absolute atomic E-state index is 0.446. The Morgan fingerprint density at radius 3 is 2.50 bits per heavy atom. The molecule has 120 valence electrons. The van der Waals surface area contributed by atoms with Crippen LogP contribution in [-0.2, 0) is 0 Å². The fourth-order valence-electron chi connectivity index (χ4n) is 2.94. The highest BCUT2D eigenvalue weighted by Crippen LogP contribution is 2.23. The molecule has 3 nitrogen and oxygen atoms in total. The van der Waals surface area contributed by atoms with E-state index in [0.29, 0.717) is 17.5 Å². The molecule has 1 aliphatic rings. The molecule has 2 unspecified atom stereocenters. The average molecular weight is 284 g/mol. The van der Waals surface area contributed by atoms with Crippen LogP contribution in [0.25, 0.3) is 0 Å². The van der Waals surface area contributed by atoms with Crippen LogP contribution in [0.3, 0.4) is 0 Å². The van der Waals surface area contributed by atoms with Gasteiger partial charge in [0.25, 0.3) is 0 Å². The van der Waals surface area contributed by atoms with E-state index in [1.165, 1.54) is 45.3 Å². The fourth-order valence-corrected chi connectivity index (χ4v) is 2.94. The van der Waals surface area contributed by atoms with Gasteiger partial charge in [-0.05, 0) is 51.7 Å². The van der Waals surface area contributed by atoms with Crippen LogP contribution in [0, 0.1) is 5.41 Å². The van der Waals surface area contributed by atoms with Crippen LogP contribution in [0.5, 0.6) is 0 Å². The predicted octanol–water partition coefficient (Wildman–Crippen LogP) is 2.82. The third kappa shape index (κ3) is 7.05. The molecule has 1 fully saturated rings. The van der Waals surface area contributed by atoms with Crippen LogP contribution in [0.4, 0.5) is 0 Å². The number of likely N-dealkylation sites (N-methyl/N-ethyl adjacent to an activating group) is 2. The first-order chi connectivity index (χ1) is 9.31. The third-order valence-electron chi connectivity index (χ3n) is 4.46. The summed E-state index contributed by atoms with van der Waals surface area (Å²) in [5.74, 6) is 0. The first-order valence-electron chi connectivity index (χ1n) is 8.44. The van der Waals surface area contributed by atoms with E-state index in [1.807, 2.05) is 0 Å². The molecule has 0 bridgehead atoms. The topological polar surface area (TPSA) is 18.5 Å². The molecule has 2 atom stereocenters. The van der Waals surface area contributed by atoms with Gasteiger partial charge < -0.3 is 15.1 Å². The van der Waals surface area contributed by atoms with Crippen molar-refractivity contribution in [3.63, 3.8) is 0 Å². The van der Waals surface area contributed by atoms with Crippen LogP contribution < -0.4 is 5.32 Å². The van der Waals surface area contributed by atoms with Crippen LogP contribution in [0.2, 0.25) is 0 Å². The summed E-state index contributed by atoms with van der Waals surface area (Å²) in [7, 11) is 4.54. The number of piperazine rings is 1. The van der Waals surface area contributed by atoms with E-state index in [-0.39, 0.29) is 0 Å². The number of nitrogens with zero attached hydrogens (tertiary/aromatic N) is 2.